The molecule has 11 heteroatoms. The summed E-state index contributed by atoms with van der Waals surface area (Å²) < 4.78 is 47.5. The van der Waals surface area contributed by atoms with E-state index in [1.54, 1.807) is 38.6 Å². The molecule has 0 atom stereocenters. The Kier molecular flexibility index (Phi) is 6.53. The van der Waals surface area contributed by atoms with E-state index < -0.39 is 12.1 Å². The van der Waals surface area contributed by atoms with Crippen LogP contribution in [0.4, 0.5) is 13.2 Å². The third kappa shape index (κ3) is 5.43. The monoisotopic (exact) mass is 397 g/mol. The summed E-state index contributed by atoms with van der Waals surface area (Å²) in [4.78, 5) is 17.4. The molecular weight excluding hydrogens is 383 g/mol. The quantitative estimate of drug-likeness (QED) is 0.713. The summed E-state index contributed by atoms with van der Waals surface area (Å²) in [6, 6.07) is 10.9. The second kappa shape index (κ2) is 8.84. The molecule has 0 radical (unpaired) electrons. The number of aliphatic carboxylic acids is 1. The van der Waals surface area contributed by atoms with Gasteiger partial charge in [-0.05, 0) is 24.3 Å². The van der Waals surface area contributed by atoms with Crippen LogP contribution in [0.15, 0.2) is 47.1 Å². The van der Waals surface area contributed by atoms with Crippen molar-refractivity contribution in [2.24, 2.45) is 0 Å². The van der Waals surface area contributed by atoms with Crippen molar-refractivity contribution in [3.05, 3.63) is 42.6 Å². The fourth-order valence-corrected chi connectivity index (χ4v) is 1.87. The predicted octanol–water partition coefficient (Wildman–Crippen LogP) is 3.45. The highest BCUT2D eigenvalue weighted by molar-refractivity contribution is 5.73. The molecule has 0 aliphatic rings. The van der Waals surface area contributed by atoms with Crippen LogP contribution in [0.2, 0.25) is 0 Å². The summed E-state index contributed by atoms with van der Waals surface area (Å²) in [7, 11) is 3.18. The Morgan fingerprint density at radius 3 is 2.18 bits per heavy atom. The number of carbonyl (C=O) groups is 1. The van der Waals surface area contributed by atoms with E-state index in [0.717, 1.165) is 5.56 Å². The summed E-state index contributed by atoms with van der Waals surface area (Å²) in [5.74, 6) is -0.628. The Morgan fingerprint density at radius 2 is 1.71 bits per heavy atom. The van der Waals surface area contributed by atoms with Gasteiger partial charge in [0.15, 0.2) is 0 Å². The molecule has 0 saturated carbocycles. The molecule has 1 aromatic carbocycles. The number of pyridine rings is 1. The average Bonchev–Trinajstić information content (AvgIpc) is 3.18. The number of hydrogen-bond acceptors (Lipinski definition) is 7. The van der Waals surface area contributed by atoms with Gasteiger partial charge in [0.1, 0.15) is 17.2 Å². The molecule has 28 heavy (non-hydrogen) atoms. The summed E-state index contributed by atoms with van der Waals surface area (Å²) in [5.41, 5.74) is 1.38. The molecule has 0 unspecified atom stereocenters. The second-order valence-electron chi connectivity index (χ2n) is 5.04. The van der Waals surface area contributed by atoms with Gasteiger partial charge in [0, 0.05) is 17.8 Å². The third-order valence-corrected chi connectivity index (χ3v) is 3.16. The standard InChI is InChI=1S/C15H13N3O3.C2HF3O2/c1-19-11-7-10(8-12(9-11)20-2)15-17-14(18-21-15)13-5-3-4-6-16-13;3-2(4,5)1(6)7/h3-9H,1-2H3;(H,6,7). The van der Waals surface area contributed by atoms with E-state index in [2.05, 4.69) is 15.1 Å². The lowest BCUT2D eigenvalue weighted by Gasteiger charge is -2.05. The minimum absolute atomic E-state index is 0.382. The number of aromatic nitrogens is 3. The van der Waals surface area contributed by atoms with Gasteiger partial charge in [-0.1, -0.05) is 11.2 Å². The molecule has 8 nitrogen and oxygen atoms in total. The fraction of sp³-hybridized carbons (Fsp3) is 0.176. The zero-order valence-electron chi connectivity index (χ0n) is 14.6. The number of carboxylic acid groups (broad SMARTS) is 1. The van der Waals surface area contributed by atoms with E-state index in [0.29, 0.717) is 28.9 Å². The van der Waals surface area contributed by atoms with Crippen molar-refractivity contribution in [3.8, 4) is 34.5 Å². The molecule has 3 aromatic rings. The van der Waals surface area contributed by atoms with Crippen LogP contribution in [0, 0.1) is 0 Å². The van der Waals surface area contributed by atoms with Crippen molar-refractivity contribution >= 4 is 5.97 Å². The van der Waals surface area contributed by atoms with Gasteiger partial charge in [-0.25, -0.2) is 4.79 Å². The molecular formula is C17H14F3N3O5. The Balaban J connectivity index is 0.000000345. The summed E-state index contributed by atoms with van der Waals surface area (Å²) in [6.07, 6.45) is -3.40. The maximum absolute atomic E-state index is 10.6. The van der Waals surface area contributed by atoms with E-state index in [9.17, 15) is 13.2 Å². The van der Waals surface area contributed by atoms with Crippen LogP contribution in [0.25, 0.3) is 23.0 Å². The largest absolute Gasteiger partial charge is 0.497 e. The minimum Gasteiger partial charge on any atom is -0.497 e. The van der Waals surface area contributed by atoms with Crippen molar-refractivity contribution in [3.63, 3.8) is 0 Å². The number of alkyl halides is 3. The van der Waals surface area contributed by atoms with Gasteiger partial charge in [0.05, 0.1) is 14.2 Å². The average molecular weight is 397 g/mol. The Labute approximate surface area is 156 Å². The molecule has 3 rings (SSSR count). The van der Waals surface area contributed by atoms with Crippen LogP contribution < -0.4 is 9.47 Å². The normalized spacial score (nSPS) is 10.6. The first-order chi connectivity index (χ1) is 13.2. The van der Waals surface area contributed by atoms with Crippen molar-refractivity contribution in [2.45, 2.75) is 6.18 Å². The molecule has 2 heterocycles. The van der Waals surface area contributed by atoms with Gasteiger partial charge < -0.3 is 19.1 Å². The summed E-state index contributed by atoms with van der Waals surface area (Å²) in [6.45, 7) is 0. The van der Waals surface area contributed by atoms with Gasteiger partial charge in [-0.15, -0.1) is 0 Å². The molecule has 0 bridgehead atoms. The van der Waals surface area contributed by atoms with Gasteiger partial charge in [-0.2, -0.15) is 18.2 Å². The maximum Gasteiger partial charge on any atom is 0.490 e. The third-order valence-electron chi connectivity index (χ3n) is 3.16. The van der Waals surface area contributed by atoms with Crippen molar-refractivity contribution < 1.29 is 37.1 Å². The fourth-order valence-electron chi connectivity index (χ4n) is 1.87. The molecule has 0 aliphatic heterocycles. The zero-order chi connectivity index (χ0) is 20.7. The molecule has 0 amide bonds. The van der Waals surface area contributed by atoms with Crippen molar-refractivity contribution in [1.82, 2.24) is 15.1 Å². The van der Waals surface area contributed by atoms with E-state index in [1.807, 2.05) is 18.2 Å². The molecule has 0 aliphatic carbocycles. The first-order valence-electron chi connectivity index (χ1n) is 7.53. The molecule has 0 saturated heterocycles. The Bertz CT molecular complexity index is 907. The number of benzene rings is 1. The first-order valence-corrected chi connectivity index (χ1v) is 7.53. The van der Waals surface area contributed by atoms with Gasteiger partial charge in [-0.3, -0.25) is 4.98 Å². The lowest BCUT2D eigenvalue weighted by molar-refractivity contribution is -0.192. The highest BCUT2D eigenvalue weighted by Gasteiger charge is 2.38. The van der Waals surface area contributed by atoms with Crippen molar-refractivity contribution in [1.29, 1.82) is 0 Å². The van der Waals surface area contributed by atoms with Gasteiger partial charge in [0.2, 0.25) is 5.82 Å². The SMILES string of the molecule is COc1cc(OC)cc(-c2nc(-c3ccccn3)no2)c1.O=C(O)C(F)(F)F. The van der Waals surface area contributed by atoms with Crippen LogP contribution in [-0.2, 0) is 4.79 Å². The van der Waals surface area contributed by atoms with E-state index in [-0.39, 0.29) is 0 Å². The Hall–Kier alpha value is -3.63. The zero-order valence-corrected chi connectivity index (χ0v) is 14.6. The molecule has 2 aromatic heterocycles. The molecule has 148 valence electrons. The van der Waals surface area contributed by atoms with E-state index in [4.69, 9.17) is 23.9 Å². The van der Waals surface area contributed by atoms with Crippen LogP contribution in [0.1, 0.15) is 0 Å². The highest BCUT2D eigenvalue weighted by atomic mass is 19.4. The van der Waals surface area contributed by atoms with Crippen LogP contribution in [0.3, 0.4) is 0 Å². The smallest absolute Gasteiger partial charge is 0.490 e. The highest BCUT2D eigenvalue weighted by Crippen LogP contribution is 2.29. The predicted molar refractivity (Wildman–Crippen MR) is 89.8 cm³/mol. The lowest BCUT2D eigenvalue weighted by atomic mass is 10.2. The van der Waals surface area contributed by atoms with Crippen molar-refractivity contribution in [2.75, 3.05) is 14.2 Å². The topological polar surface area (TPSA) is 108 Å². The maximum atomic E-state index is 10.6. The first kappa shape index (κ1) is 20.7. The Morgan fingerprint density at radius 1 is 1.11 bits per heavy atom. The number of ether oxygens (including phenoxy) is 2. The number of nitrogens with zero attached hydrogens (tertiary/aromatic N) is 3. The number of hydrogen-bond donors (Lipinski definition) is 1. The molecule has 0 fully saturated rings. The van der Waals surface area contributed by atoms with Gasteiger partial charge >= 0.3 is 12.1 Å². The molecule has 1 N–H and O–H groups in total. The number of carboxylic acids is 1. The van der Waals surface area contributed by atoms with Crippen LogP contribution in [0.5, 0.6) is 11.5 Å². The van der Waals surface area contributed by atoms with Gasteiger partial charge in [0.25, 0.3) is 5.89 Å². The van der Waals surface area contributed by atoms with Crippen LogP contribution in [-0.4, -0.2) is 46.6 Å². The summed E-state index contributed by atoms with van der Waals surface area (Å²) >= 11 is 0. The van der Waals surface area contributed by atoms with E-state index >= 15 is 0 Å². The molecule has 0 spiro atoms. The van der Waals surface area contributed by atoms with E-state index in [1.165, 1.54) is 0 Å². The number of methoxy groups -OCH3 is 2. The second-order valence-corrected chi connectivity index (χ2v) is 5.04. The number of halogens is 3. The number of rotatable bonds is 4. The van der Waals surface area contributed by atoms with Crippen LogP contribution >= 0.6 is 0 Å². The lowest BCUT2D eigenvalue weighted by Crippen LogP contribution is -2.21. The summed E-state index contributed by atoms with van der Waals surface area (Å²) in [5, 5.41) is 11.1. The minimum atomic E-state index is -5.08.